The summed E-state index contributed by atoms with van der Waals surface area (Å²) in [5.41, 5.74) is 0.530. The summed E-state index contributed by atoms with van der Waals surface area (Å²) in [4.78, 5) is 17.5. The Balaban J connectivity index is 1.74. The lowest BCUT2D eigenvalue weighted by Gasteiger charge is -2.22. The highest BCUT2D eigenvalue weighted by Gasteiger charge is 2.23. The number of hydrogen-bond acceptors (Lipinski definition) is 6. The van der Waals surface area contributed by atoms with Crippen LogP contribution >= 0.6 is 11.6 Å². The number of methoxy groups -OCH3 is 2. The first-order chi connectivity index (χ1) is 16.8. The van der Waals surface area contributed by atoms with Gasteiger partial charge >= 0.3 is 0 Å². The SMILES string of the molecule is CCCCCN1CCCN(C(=O)c2ccc(Cl)c(NS(=O)(=O)c3ccc(OC)c(OC)c3)c2)CC1. The van der Waals surface area contributed by atoms with Crippen LogP contribution in [0.4, 0.5) is 5.69 Å². The monoisotopic (exact) mass is 523 g/mol. The van der Waals surface area contributed by atoms with E-state index in [2.05, 4.69) is 16.5 Å². The summed E-state index contributed by atoms with van der Waals surface area (Å²) < 4.78 is 38.9. The van der Waals surface area contributed by atoms with Gasteiger partial charge in [0.05, 0.1) is 29.8 Å². The number of carbonyl (C=O) groups excluding carboxylic acids is 1. The van der Waals surface area contributed by atoms with E-state index in [-0.39, 0.29) is 27.3 Å². The molecule has 3 rings (SSSR count). The third-order valence-electron chi connectivity index (χ3n) is 6.08. The van der Waals surface area contributed by atoms with Crippen molar-refractivity contribution in [1.82, 2.24) is 9.80 Å². The number of carbonyl (C=O) groups is 1. The zero-order valence-corrected chi connectivity index (χ0v) is 22.1. The molecule has 0 spiro atoms. The molecule has 0 unspecified atom stereocenters. The Hall–Kier alpha value is -2.49. The van der Waals surface area contributed by atoms with Crippen molar-refractivity contribution in [3.8, 4) is 11.5 Å². The van der Waals surface area contributed by atoms with Gasteiger partial charge in [0, 0.05) is 31.3 Å². The van der Waals surface area contributed by atoms with Gasteiger partial charge in [0.2, 0.25) is 0 Å². The smallest absolute Gasteiger partial charge is 0.262 e. The van der Waals surface area contributed by atoms with Crippen molar-refractivity contribution in [1.29, 1.82) is 0 Å². The first-order valence-electron chi connectivity index (χ1n) is 11.8. The zero-order valence-electron chi connectivity index (χ0n) is 20.5. The second-order valence-corrected chi connectivity index (χ2v) is 10.6. The maximum absolute atomic E-state index is 13.2. The summed E-state index contributed by atoms with van der Waals surface area (Å²) >= 11 is 6.29. The minimum absolute atomic E-state index is 0.0152. The van der Waals surface area contributed by atoms with Crippen LogP contribution in [0.5, 0.6) is 11.5 Å². The predicted octanol–water partition coefficient (Wildman–Crippen LogP) is 4.50. The lowest BCUT2D eigenvalue weighted by Crippen LogP contribution is -2.35. The molecule has 35 heavy (non-hydrogen) atoms. The summed E-state index contributed by atoms with van der Waals surface area (Å²) in [6.45, 7) is 6.36. The van der Waals surface area contributed by atoms with E-state index in [1.54, 1.807) is 6.07 Å². The van der Waals surface area contributed by atoms with E-state index < -0.39 is 10.0 Å². The fourth-order valence-corrected chi connectivity index (χ4v) is 5.40. The van der Waals surface area contributed by atoms with Gasteiger partial charge in [-0.2, -0.15) is 0 Å². The summed E-state index contributed by atoms with van der Waals surface area (Å²) in [6, 6.07) is 8.95. The maximum atomic E-state index is 13.2. The summed E-state index contributed by atoms with van der Waals surface area (Å²) in [6.07, 6.45) is 4.48. The van der Waals surface area contributed by atoms with Crippen molar-refractivity contribution < 1.29 is 22.7 Å². The highest BCUT2D eigenvalue weighted by Crippen LogP contribution is 2.32. The van der Waals surface area contributed by atoms with Gasteiger partial charge in [-0.1, -0.05) is 31.4 Å². The molecular formula is C25H34ClN3O5S. The number of amides is 1. The van der Waals surface area contributed by atoms with Gasteiger partial charge in [0.15, 0.2) is 11.5 Å². The lowest BCUT2D eigenvalue weighted by atomic mass is 10.1. The molecule has 1 amide bonds. The van der Waals surface area contributed by atoms with Crippen LogP contribution in [0.15, 0.2) is 41.3 Å². The fraction of sp³-hybridized carbons (Fsp3) is 0.480. The van der Waals surface area contributed by atoms with E-state index in [9.17, 15) is 13.2 Å². The van der Waals surface area contributed by atoms with E-state index in [0.29, 0.717) is 24.4 Å². The Morgan fingerprint density at radius 3 is 2.49 bits per heavy atom. The Morgan fingerprint density at radius 2 is 1.77 bits per heavy atom. The van der Waals surface area contributed by atoms with Crippen molar-refractivity contribution in [2.24, 2.45) is 0 Å². The molecule has 0 bridgehead atoms. The summed E-state index contributed by atoms with van der Waals surface area (Å²) in [5.74, 6) is 0.567. The average molecular weight is 524 g/mol. The molecule has 1 fully saturated rings. The third-order valence-corrected chi connectivity index (χ3v) is 7.77. The third kappa shape index (κ3) is 7.02. The van der Waals surface area contributed by atoms with Gasteiger partial charge in [-0.15, -0.1) is 0 Å². The molecule has 1 aliphatic rings. The lowest BCUT2D eigenvalue weighted by molar-refractivity contribution is 0.0761. The number of halogens is 1. The second-order valence-electron chi connectivity index (χ2n) is 8.51. The quantitative estimate of drug-likeness (QED) is 0.461. The predicted molar refractivity (Wildman–Crippen MR) is 138 cm³/mol. The van der Waals surface area contributed by atoms with E-state index >= 15 is 0 Å². The molecule has 2 aromatic carbocycles. The largest absolute Gasteiger partial charge is 0.493 e. The first kappa shape index (κ1) is 27.1. The van der Waals surface area contributed by atoms with Gasteiger partial charge in [0.1, 0.15) is 0 Å². The van der Waals surface area contributed by atoms with Crippen molar-refractivity contribution >= 4 is 33.2 Å². The fourth-order valence-electron chi connectivity index (χ4n) is 4.09. The number of hydrogen-bond donors (Lipinski definition) is 1. The molecule has 1 aliphatic heterocycles. The van der Waals surface area contributed by atoms with Crippen LogP contribution in [0.1, 0.15) is 43.0 Å². The first-order valence-corrected chi connectivity index (χ1v) is 13.7. The van der Waals surface area contributed by atoms with Crippen LogP contribution in [-0.2, 0) is 10.0 Å². The minimum Gasteiger partial charge on any atom is -0.493 e. The zero-order chi connectivity index (χ0) is 25.4. The van der Waals surface area contributed by atoms with Crippen LogP contribution in [0.2, 0.25) is 5.02 Å². The molecule has 1 N–H and O–H groups in total. The molecule has 0 aromatic heterocycles. The normalized spacial score (nSPS) is 14.9. The number of benzene rings is 2. The molecule has 10 heteroatoms. The van der Waals surface area contributed by atoms with Gasteiger partial charge < -0.3 is 19.3 Å². The maximum Gasteiger partial charge on any atom is 0.262 e. The molecular weight excluding hydrogens is 490 g/mol. The van der Waals surface area contributed by atoms with Gasteiger partial charge in [-0.05, 0) is 56.3 Å². The standard InChI is InChI=1S/C25H34ClN3O5S/c1-4-5-6-12-28-13-7-14-29(16-15-28)25(30)19-8-10-21(26)22(17-19)27-35(31,32)20-9-11-23(33-2)24(18-20)34-3/h8-11,17-18,27H,4-7,12-16H2,1-3H3. The van der Waals surface area contributed by atoms with Crippen molar-refractivity contribution in [3.63, 3.8) is 0 Å². The topological polar surface area (TPSA) is 88.2 Å². The molecule has 8 nitrogen and oxygen atoms in total. The molecule has 1 saturated heterocycles. The van der Waals surface area contributed by atoms with Crippen molar-refractivity contribution in [2.75, 3.05) is 51.7 Å². The van der Waals surface area contributed by atoms with Crippen LogP contribution in [0, 0.1) is 0 Å². The Bertz CT molecular complexity index is 1130. The highest BCUT2D eigenvalue weighted by molar-refractivity contribution is 7.92. The number of unbranched alkanes of at least 4 members (excludes halogenated alkanes) is 2. The van der Waals surface area contributed by atoms with Crippen LogP contribution in [0.25, 0.3) is 0 Å². The molecule has 192 valence electrons. The van der Waals surface area contributed by atoms with E-state index in [1.807, 2.05) is 4.90 Å². The Kier molecular flexibility index (Phi) is 9.65. The number of anilines is 1. The van der Waals surface area contributed by atoms with E-state index in [4.69, 9.17) is 21.1 Å². The number of sulfonamides is 1. The van der Waals surface area contributed by atoms with Crippen LogP contribution in [0.3, 0.4) is 0 Å². The number of ether oxygens (including phenoxy) is 2. The van der Waals surface area contributed by atoms with Crippen LogP contribution < -0.4 is 14.2 Å². The van der Waals surface area contributed by atoms with Crippen molar-refractivity contribution in [2.45, 2.75) is 37.5 Å². The van der Waals surface area contributed by atoms with Gasteiger partial charge in [-0.3, -0.25) is 9.52 Å². The van der Waals surface area contributed by atoms with Gasteiger partial charge in [0.25, 0.3) is 15.9 Å². The molecule has 0 radical (unpaired) electrons. The molecule has 0 aliphatic carbocycles. The van der Waals surface area contributed by atoms with E-state index in [0.717, 1.165) is 26.1 Å². The second kappa shape index (κ2) is 12.5. The Labute approximate surface area is 213 Å². The molecule has 2 aromatic rings. The highest BCUT2D eigenvalue weighted by atomic mass is 35.5. The number of rotatable bonds is 10. The summed E-state index contributed by atoms with van der Waals surface area (Å²) in [5, 5.41) is 0.198. The Morgan fingerprint density at radius 1 is 1.00 bits per heavy atom. The summed E-state index contributed by atoms with van der Waals surface area (Å²) in [7, 11) is -1.08. The minimum atomic E-state index is -3.99. The van der Waals surface area contributed by atoms with Crippen LogP contribution in [-0.4, -0.2) is 71.1 Å². The molecule has 1 heterocycles. The molecule has 0 atom stereocenters. The average Bonchev–Trinajstić information content (AvgIpc) is 3.10. The molecule has 0 saturated carbocycles. The van der Waals surface area contributed by atoms with Gasteiger partial charge in [-0.25, -0.2) is 8.42 Å². The number of nitrogens with one attached hydrogen (secondary N) is 1. The van der Waals surface area contributed by atoms with Crippen molar-refractivity contribution in [3.05, 3.63) is 47.0 Å². The van der Waals surface area contributed by atoms with E-state index in [1.165, 1.54) is 63.8 Å². The number of nitrogens with zero attached hydrogens (tertiary/aromatic N) is 2.